The van der Waals surface area contributed by atoms with Crippen molar-refractivity contribution in [2.75, 3.05) is 6.54 Å². The summed E-state index contributed by atoms with van der Waals surface area (Å²) in [5.41, 5.74) is 5.46. The van der Waals surface area contributed by atoms with Gasteiger partial charge in [0.25, 0.3) is 0 Å². The molecule has 0 heterocycles. The van der Waals surface area contributed by atoms with E-state index in [-0.39, 0.29) is 15.6 Å². The minimum Gasteiger partial charge on any atom is -0.393 e. The van der Waals surface area contributed by atoms with Crippen molar-refractivity contribution < 1.29 is 5.11 Å². The fraction of sp³-hybridized carbons (Fsp3) is 1.00. The van der Waals surface area contributed by atoms with Crippen LogP contribution in [0.3, 0.4) is 0 Å². The van der Waals surface area contributed by atoms with Gasteiger partial charge in [0.2, 0.25) is 0 Å². The van der Waals surface area contributed by atoms with Crippen LogP contribution in [0.2, 0.25) is 12.1 Å². The van der Waals surface area contributed by atoms with Gasteiger partial charge in [-0.2, -0.15) is 0 Å². The quantitative estimate of drug-likeness (QED) is 0.422. The molecule has 0 saturated carbocycles. The molecule has 1 unspecified atom stereocenters. The molecule has 0 amide bonds. The van der Waals surface area contributed by atoms with Crippen LogP contribution in [0.5, 0.6) is 0 Å². The second-order valence-corrected chi connectivity index (χ2v) is 6.62. The molecule has 0 spiro atoms. The summed E-state index contributed by atoms with van der Waals surface area (Å²) in [6.45, 7) is 3.07. The zero-order valence-electron chi connectivity index (χ0n) is 10.4. The van der Waals surface area contributed by atoms with Crippen molar-refractivity contribution in [3.05, 3.63) is 0 Å². The third-order valence-corrected chi connectivity index (χ3v) is 4.79. The van der Waals surface area contributed by atoms with E-state index in [1.165, 1.54) is 44.2 Å². The Kier molecular flexibility index (Phi) is 12.3. The lowest BCUT2D eigenvalue weighted by atomic mass is 10.1. The zero-order valence-corrected chi connectivity index (χ0v) is 11.8. The Bertz CT molecular complexity index is 122. The molecular weight excluding hydrogens is 202 g/mol. The molecule has 0 rings (SSSR count). The molecule has 0 aliphatic rings. The van der Waals surface area contributed by atoms with E-state index in [1.54, 1.807) is 0 Å². The molecule has 0 aliphatic carbocycles. The predicted octanol–water partition coefficient (Wildman–Crippen LogP) is 2.06. The van der Waals surface area contributed by atoms with E-state index in [1.807, 2.05) is 0 Å². The molecule has 15 heavy (non-hydrogen) atoms. The average molecular weight is 231 g/mol. The molecule has 0 bridgehead atoms. The highest BCUT2D eigenvalue weighted by atomic mass is 28.2. The molecule has 0 aliphatic heterocycles. The first-order valence-electron chi connectivity index (χ1n) is 6.69. The lowest BCUT2D eigenvalue weighted by Crippen LogP contribution is -2.06. The highest BCUT2D eigenvalue weighted by molar-refractivity contribution is 6.35. The number of aliphatic hydroxyl groups is 1. The average Bonchev–Trinajstić information content (AvgIpc) is 2.25. The van der Waals surface area contributed by atoms with Gasteiger partial charge in [-0.25, -0.2) is 0 Å². The Morgan fingerprint density at radius 1 is 1.07 bits per heavy atom. The van der Waals surface area contributed by atoms with Crippen LogP contribution in [0.25, 0.3) is 0 Å². The zero-order chi connectivity index (χ0) is 11.4. The summed E-state index contributed by atoms with van der Waals surface area (Å²) in [5.74, 6) is 0. The fourth-order valence-corrected chi connectivity index (χ4v) is 3.16. The van der Waals surface area contributed by atoms with Crippen LogP contribution in [0.1, 0.15) is 51.9 Å². The molecule has 0 fully saturated rings. The third-order valence-electron chi connectivity index (χ3n) is 2.88. The number of rotatable bonds is 11. The maximum absolute atomic E-state index is 9.61. The van der Waals surface area contributed by atoms with Gasteiger partial charge in [-0.05, 0) is 19.4 Å². The Labute approximate surface area is 97.5 Å². The van der Waals surface area contributed by atoms with Gasteiger partial charge in [0, 0.05) is 9.52 Å². The molecule has 1 atom stereocenters. The van der Waals surface area contributed by atoms with Crippen LogP contribution in [-0.4, -0.2) is 27.3 Å². The maximum Gasteiger partial charge on any atom is 0.0540 e. The molecule has 3 N–H and O–H groups in total. The molecular formula is C12H29NOSi. The van der Waals surface area contributed by atoms with Crippen LogP contribution in [-0.2, 0) is 0 Å². The van der Waals surface area contributed by atoms with Gasteiger partial charge in [-0.15, -0.1) is 0 Å². The molecule has 0 aromatic rings. The second kappa shape index (κ2) is 12.2. The first-order valence-corrected chi connectivity index (χ1v) is 8.69. The molecule has 92 valence electrons. The maximum atomic E-state index is 9.61. The number of hydrogen-bond acceptors (Lipinski definition) is 2. The summed E-state index contributed by atoms with van der Waals surface area (Å²) in [4.78, 5) is 0. The highest BCUT2D eigenvalue weighted by Crippen LogP contribution is 2.10. The molecule has 3 heteroatoms. The molecule has 0 aromatic carbocycles. The predicted molar refractivity (Wildman–Crippen MR) is 71.2 cm³/mol. The van der Waals surface area contributed by atoms with Crippen molar-refractivity contribution in [2.24, 2.45) is 5.73 Å². The Hall–Kier alpha value is 0.137. The monoisotopic (exact) mass is 231 g/mol. The van der Waals surface area contributed by atoms with Crippen LogP contribution >= 0.6 is 0 Å². The first kappa shape index (κ1) is 15.1. The number of unbranched alkanes of at least 4 members (excludes halogenated alkanes) is 3. The van der Waals surface area contributed by atoms with E-state index in [4.69, 9.17) is 5.73 Å². The van der Waals surface area contributed by atoms with E-state index in [2.05, 4.69) is 6.92 Å². The van der Waals surface area contributed by atoms with Crippen LogP contribution < -0.4 is 5.73 Å². The number of hydrogen-bond donors (Lipinski definition) is 2. The summed E-state index contributed by atoms with van der Waals surface area (Å²) >= 11 is 0. The van der Waals surface area contributed by atoms with Crippen LogP contribution in [0.15, 0.2) is 0 Å². The van der Waals surface area contributed by atoms with Gasteiger partial charge < -0.3 is 10.8 Å². The number of nitrogens with two attached hydrogens (primary N) is 1. The second-order valence-electron chi connectivity index (χ2n) is 4.49. The van der Waals surface area contributed by atoms with Gasteiger partial charge in [0.15, 0.2) is 0 Å². The van der Waals surface area contributed by atoms with Crippen LogP contribution in [0.4, 0.5) is 0 Å². The molecule has 0 radical (unpaired) electrons. The minimum absolute atomic E-state index is 0.0359. The van der Waals surface area contributed by atoms with E-state index >= 15 is 0 Å². The van der Waals surface area contributed by atoms with Gasteiger partial charge in [0.05, 0.1) is 6.10 Å². The van der Waals surface area contributed by atoms with Gasteiger partial charge in [-0.3, -0.25) is 0 Å². The molecule has 2 nitrogen and oxygen atoms in total. The summed E-state index contributed by atoms with van der Waals surface area (Å²) in [7, 11) is 0.163. The van der Waals surface area contributed by atoms with Gasteiger partial charge in [0.1, 0.15) is 0 Å². The van der Waals surface area contributed by atoms with Crippen molar-refractivity contribution in [3.8, 4) is 0 Å². The smallest absolute Gasteiger partial charge is 0.0540 e. The van der Waals surface area contributed by atoms with E-state index in [0.717, 1.165) is 19.4 Å². The molecule has 0 aromatic heterocycles. The minimum atomic E-state index is -0.0359. The lowest BCUT2D eigenvalue weighted by molar-refractivity contribution is 0.148. The standard InChI is InChI=1S/C12H29NOSi/c1-2-3-7-12(14)8-5-4-6-10-15-11-9-13/h12,14H,2-11,13,15H2,1H3. The van der Waals surface area contributed by atoms with Crippen molar-refractivity contribution >= 4 is 9.52 Å². The SMILES string of the molecule is CCCCC(O)CCCCC[SiH2]CCN. The fourth-order valence-electron chi connectivity index (χ4n) is 1.82. The normalized spacial score (nSPS) is 13.8. The summed E-state index contributed by atoms with van der Waals surface area (Å²) in [6.07, 6.45) is 8.23. The third kappa shape index (κ3) is 12.1. The Balaban J connectivity index is 3.02. The number of aliphatic hydroxyl groups excluding tert-OH is 1. The van der Waals surface area contributed by atoms with Crippen molar-refractivity contribution in [1.29, 1.82) is 0 Å². The van der Waals surface area contributed by atoms with Gasteiger partial charge in [-0.1, -0.05) is 51.1 Å². The summed E-state index contributed by atoms with van der Waals surface area (Å²) in [5, 5.41) is 9.61. The summed E-state index contributed by atoms with van der Waals surface area (Å²) in [6, 6.07) is 2.75. The van der Waals surface area contributed by atoms with E-state index in [0.29, 0.717) is 0 Å². The summed E-state index contributed by atoms with van der Waals surface area (Å²) < 4.78 is 0. The largest absolute Gasteiger partial charge is 0.393 e. The van der Waals surface area contributed by atoms with E-state index < -0.39 is 0 Å². The van der Waals surface area contributed by atoms with Crippen molar-refractivity contribution in [1.82, 2.24) is 0 Å². The Morgan fingerprint density at radius 2 is 1.80 bits per heavy atom. The van der Waals surface area contributed by atoms with Crippen molar-refractivity contribution in [2.45, 2.75) is 70.1 Å². The molecule has 0 saturated heterocycles. The van der Waals surface area contributed by atoms with Gasteiger partial charge >= 0.3 is 0 Å². The van der Waals surface area contributed by atoms with Crippen LogP contribution in [0, 0.1) is 0 Å². The first-order chi connectivity index (χ1) is 7.31. The lowest BCUT2D eigenvalue weighted by Gasteiger charge is -2.09. The van der Waals surface area contributed by atoms with Crippen molar-refractivity contribution in [3.63, 3.8) is 0 Å². The Morgan fingerprint density at radius 3 is 2.47 bits per heavy atom. The topological polar surface area (TPSA) is 46.2 Å². The van der Waals surface area contributed by atoms with E-state index in [9.17, 15) is 5.11 Å². The highest BCUT2D eigenvalue weighted by Gasteiger charge is 2.02.